The summed E-state index contributed by atoms with van der Waals surface area (Å²) in [7, 11) is 3.15. The van der Waals surface area contributed by atoms with Crippen LogP contribution in [0.1, 0.15) is 10.6 Å². The number of hydrogen-bond donors (Lipinski definition) is 3. The smallest absolute Gasteiger partial charge is 0.291 e. The highest BCUT2D eigenvalue weighted by Gasteiger charge is 2.11. The van der Waals surface area contributed by atoms with Gasteiger partial charge in [0.1, 0.15) is 11.5 Å². The summed E-state index contributed by atoms with van der Waals surface area (Å²) in [5, 5.41) is 9.32. The molecule has 1 heterocycles. The third kappa shape index (κ3) is 5.27. The second-order valence-electron chi connectivity index (χ2n) is 5.77. The molecule has 7 nitrogen and oxygen atoms in total. The van der Waals surface area contributed by atoms with E-state index in [0.717, 1.165) is 10.2 Å². The number of furan rings is 1. The average Bonchev–Trinajstić information content (AvgIpc) is 3.25. The van der Waals surface area contributed by atoms with E-state index in [2.05, 4.69) is 31.9 Å². The van der Waals surface area contributed by atoms with Gasteiger partial charge in [0, 0.05) is 17.4 Å². The molecule has 3 N–H and O–H groups in total. The van der Waals surface area contributed by atoms with Crippen LogP contribution >= 0.6 is 28.1 Å². The number of hydrogen-bond acceptors (Lipinski definition) is 5. The van der Waals surface area contributed by atoms with E-state index in [4.69, 9.17) is 26.1 Å². The van der Waals surface area contributed by atoms with Gasteiger partial charge in [-0.3, -0.25) is 4.79 Å². The summed E-state index contributed by atoms with van der Waals surface area (Å²) < 4.78 is 16.5. The Kier molecular flexibility index (Phi) is 6.73. The Hall–Kier alpha value is -3.04. The largest absolute Gasteiger partial charge is 0.495 e. The predicted molar refractivity (Wildman–Crippen MR) is 120 cm³/mol. The van der Waals surface area contributed by atoms with Crippen LogP contribution in [0, 0.1) is 0 Å². The summed E-state index contributed by atoms with van der Waals surface area (Å²) in [6, 6.07) is 13.9. The summed E-state index contributed by atoms with van der Waals surface area (Å²) in [6.45, 7) is 0. The van der Waals surface area contributed by atoms with Gasteiger partial charge in [0.05, 0.1) is 30.6 Å². The summed E-state index contributed by atoms with van der Waals surface area (Å²) in [6.07, 6.45) is 1.45. The number of benzene rings is 2. The highest BCUT2D eigenvalue weighted by atomic mass is 79.9. The standard InChI is InChI=1S/C20H18BrN3O4S/c1-26-17-11-18(27-2)15(10-14(17)21)24-20(29)23-13-7-5-12(6-8-13)22-19(25)16-4-3-9-28-16/h3-11H,1-2H3,(H,22,25)(H2,23,24,29). The molecule has 0 spiro atoms. The zero-order valence-corrected chi connectivity index (χ0v) is 18.0. The van der Waals surface area contributed by atoms with Crippen LogP contribution in [0.3, 0.4) is 0 Å². The first kappa shape index (κ1) is 20.7. The molecule has 1 amide bonds. The molecule has 0 unspecified atom stereocenters. The maximum atomic E-state index is 12.0. The predicted octanol–water partition coefficient (Wildman–Crippen LogP) is 5.12. The maximum absolute atomic E-state index is 12.0. The average molecular weight is 476 g/mol. The fraction of sp³-hybridized carbons (Fsp3) is 0.100. The van der Waals surface area contributed by atoms with Gasteiger partial charge in [-0.2, -0.15) is 0 Å². The van der Waals surface area contributed by atoms with Gasteiger partial charge in [-0.1, -0.05) is 0 Å². The van der Waals surface area contributed by atoms with E-state index in [-0.39, 0.29) is 11.7 Å². The van der Waals surface area contributed by atoms with Gasteiger partial charge in [-0.25, -0.2) is 0 Å². The number of anilines is 3. The number of amides is 1. The minimum absolute atomic E-state index is 0.247. The van der Waals surface area contributed by atoms with Crippen LogP contribution in [0.2, 0.25) is 0 Å². The Morgan fingerprint density at radius 3 is 2.21 bits per heavy atom. The number of thiocarbonyl (C=S) groups is 1. The third-order valence-corrected chi connectivity index (χ3v) is 4.69. The van der Waals surface area contributed by atoms with E-state index in [0.29, 0.717) is 28.0 Å². The zero-order valence-electron chi connectivity index (χ0n) is 15.6. The van der Waals surface area contributed by atoms with Gasteiger partial charge in [0.25, 0.3) is 5.91 Å². The lowest BCUT2D eigenvalue weighted by atomic mass is 10.2. The number of methoxy groups -OCH3 is 2. The highest BCUT2D eigenvalue weighted by Crippen LogP contribution is 2.36. The monoisotopic (exact) mass is 475 g/mol. The molecule has 0 atom stereocenters. The lowest BCUT2D eigenvalue weighted by Gasteiger charge is -2.15. The van der Waals surface area contributed by atoms with Crippen molar-refractivity contribution < 1.29 is 18.7 Å². The highest BCUT2D eigenvalue weighted by molar-refractivity contribution is 9.10. The van der Waals surface area contributed by atoms with Crippen LogP contribution in [0.15, 0.2) is 63.7 Å². The zero-order chi connectivity index (χ0) is 20.8. The van der Waals surface area contributed by atoms with Gasteiger partial charge in [0.15, 0.2) is 10.9 Å². The molecule has 3 aromatic rings. The molecule has 0 saturated heterocycles. The fourth-order valence-electron chi connectivity index (χ4n) is 2.48. The molecule has 0 bridgehead atoms. The van der Waals surface area contributed by atoms with Crippen LogP contribution in [-0.2, 0) is 0 Å². The number of rotatable bonds is 6. The van der Waals surface area contributed by atoms with Crippen molar-refractivity contribution in [1.82, 2.24) is 0 Å². The quantitative estimate of drug-likeness (QED) is 0.426. The van der Waals surface area contributed by atoms with Crippen molar-refractivity contribution >= 4 is 56.2 Å². The Bertz CT molecular complexity index is 1010. The molecule has 0 aliphatic carbocycles. The fourth-order valence-corrected chi connectivity index (χ4v) is 3.21. The van der Waals surface area contributed by atoms with Gasteiger partial charge in [-0.15, -0.1) is 0 Å². The summed E-state index contributed by atoms with van der Waals surface area (Å²) >= 11 is 8.82. The van der Waals surface area contributed by atoms with Gasteiger partial charge < -0.3 is 29.8 Å². The first-order chi connectivity index (χ1) is 14.0. The van der Waals surface area contributed by atoms with Gasteiger partial charge in [-0.05, 0) is 70.6 Å². The van der Waals surface area contributed by atoms with Crippen LogP contribution in [0.25, 0.3) is 0 Å². The van der Waals surface area contributed by atoms with Crippen molar-refractivity contribution in [2.24, 2.45) is 0 Å². The number of carbonyl (C=O) groups excluding carboxylic acids is 1. The van der Waals surface area contributed by atoms with E-state index in [1.54, 1.807) is 56.7 Å². The summed E-state index contributed by atoms with van der Waals surface area (Å²) in [4.78, 5) is 12.0. The molecule has 0 aliphatic rings. The topological polar surface area (TPSA) is 84.8 Å². The lowest BCUT2D eigenvalue weighted by molar-refractivity contribution is 0.0996. The Balaban J connectivity index is 1.62. The minimum atomic E-state index is -0.315. The van der Waals surface area contributed by atoms with E-state index in [1.165, 1.54) is 6.26 Å². The maximum Gasteiger partial charge on any atom is 0.291 e. The van der Waals surface area contributed by atoms with Gasteiger partial charge >= 0.3 is 0 Å². The Morgan fingerprint density at radius 2 is 1.62 bits per heavy atom. The molecular weight excluding hydrogens is 458 g/mol. The molecule has 3 rings (SSSR count). The van der Waals surface area contributed by atoms with E-state index < -0.39 is 0 Å². The first-order valence-corrected chi connectivity index (χ1v) is 9.64. The molecule has 150 valence electrons. The van der Waals surface area contributed by atoms with E-state index in [9.17, 15) is 4.79 Å². The Morgan fingerprint density at radius 1 is 0.966 bits per heavy atom. The summed E-state index contributed by atoms with van der Waals surface area (Å²) in [5.41, 5.74) is 2.07. The number of nitrogens with one attached hydrogen (secondary N) is 3. The van der Waals surface area contributed by atoms with Crippen LogP contribution < -0.4 is 25.4 Å². The molecule has 29 heavy (non-hydrogen) atoms. The molecule has 0 saturated carbocycles. The number of carbonyl (C=O) groups is 1. The van der Waals surface area contributed by atoms with Crippen molar-refractivity contribution in [1.29, 1.82) is 0 Å². The SMILES string of the molecule is COc1cc(OC)c(NC(=S)Nc2ccc(NC(=O)c3ccco3)cc2)cc1Br. The molecule has 0 aliphatic heterocycles. The Labute approximate surface area is 181 Å². The van der Waals surface area contributed by atoms with Crippen molar-refractivity contribution in [3.63, 3.8) is 0 Å². The van der Waals surface area contributed by atoms with E-state index >= 15 is 0 Å². The van der Waals surface area contributed by atoms with Crippen LogP contribution in [0.5, 0.6) is 11.5 Å². The first-order valence-electron chi connectivity index (χ1n) is 8.44. The van der Waals surface area contributed by atoms with E-state index in [1.807, 2.05) is 6.07 Å². The summed E-state index contributed by atoms with van der Waals surface area (Å²) in [5.74, 6) is 1.17. The van der Waals surface area contributed by atoms with Crippen molar-refractivity contribution in [2.45, 2.75) is 0 Å². The van der Waals surface area contributed by atoms with Crippen LogP contribution in [-0.4, -0.2) is 25.2 Å². The normalized spacial score (nSPS) is 10.2. The number of halogens is 1. The van der Waals surface area contributed by atoms with Crippen molar-refractivity contribution in [3.05, 3.63) is 65.0 Å². The molecule has 0 radical (unpaired) electrons. The lowest BCUT2D eigenvalue weighted by Crippen LogP contribution is -2.19. The molecular formula is C20H18BrN3O4S. The number of ether oxygens (including phenoxy) is 2. The third-order valence-electron chi connectivity index (χ3n) is 3.87. The van der Waals surface area contributed by atoms with Crippen LogP contribution in [0.4, 0.5) is 17.1 Å². The van der Waals surface area contributed by atoms with Crippen molar-refractivity contribution in [2.75, 3.05) is 30.2 Å². The molecule has 1 aromatic heterocycles. The molecule has 2 aromatic carbocycles. The second kappa shape index (κ2) is 9.44. The minimum Gasteiger partial charge on any atom is -0.495 e. The second-order valence-corrected chi connectivity index (χ2v) is 7.04. The molecule has 9 heteroatoms. The molecule has 0 fully saturated rings. The van der Waals surface area contributed by atoms with Gasteiger partial charge in [0.2, 0.25) is 0 Å². The van der Waals surface area contributed by atoms with Crippen molar-refractivity contribution in [3.8, 4) is 11.5 Å².